The minimum absolute atomic E-state index is 0.240. The number of benzene rings is 3. The highest BCUT2D eigenvalue weighted by Gasteiger charge is 2.38. The number of hydrogen-bond acceptors (Lipinski definition) is 3. The Bertz CT molecular complexity index is 1090. The molecule has 2 atom stereocenters. The monoisotopic (exact) mass is 495 g/mol. The molecule has 1 aliphatic rings. The van der Waals surface area contributed by atoms with Crippen molar-refractivity contribution in [2.45, 2.75) is 12.3 Å². The van der Waals surface area contributed by atoms with Gasteiger partial charge in [-0.25, -0.2) is 0 Å². The zero-order chi connectivity index (χ0) is 22.0. The molecule has 4 rings (SSSR count). The van der Waals surface area contributed by atoms with Crippen LogP contribution in [-0.2, 0) is 4.74 Å². The molecule has 1 fully saturated rings. The maximum Gasteiger partial charge on any atom is 0.257 e. The molecule has 0 saturated carbocycles. The SMILES string of the molecule is O=C(c1ccccc1Cl)N1CC(COc2ccc(Cl)cc2)OC1c1ccc(Cl)c(Cl)c1. The van der Waals surface area contributed by atoms with Crippen molar-refractivity contribution < 1.29 is 14.3 Å². The Morgan fingerprint density at radius 3 is 2.39 bits per heavy atom. The topological polar surface area (TPSA) is 38.8 Å². The van der Waals surface area contributed by atoms with E-state index < -0.39 is 6.23 Å². The van der Waals surface area contributed by atoms with Crippen LogP contribution in [0.2, 0.25) is 20.1 Å². The Hall–Kier alpha value is -1.95. The number of ether oxygens (including phenoxy) is 2. The van der Waals surface area contributed by atoms with Gasteiger partial charge in [-0.2, -0.15) is 0 Å². The van der Waals surface area contributed by atoms with E-state index in [1.165, 1.54) is 0 Å². The number of nitrogens with zero attached hydrogens (tertiary/aromatic N) is 1. The summed E-state index contributed by atoms with van der Waals surface area (Å²) in [6, 6.07) is 19.1. The summed E-state index contributed by atoms with van der Waals surface area (Å²) in [6.45, 7) is 0.578. The van der Waals surface area contributed by atoms with Gasteiger partial charge in [-0.15, -0.1) is 0 Å². The molecular formula is C23H17Cl4NO3. The van der Waals surface area contributed by atoms with Gasteiger partial charge in [-0.1, -0.05) is 64.6 Å². The minimum atomic E-state index is -0.655. The predicted molar refractivity (Wildman–Crippen MR) is 124 cm³/mol. The van der Waals surface area contributed by atoms with Crippen molar-refractivity contribution in [3.8, 4) is 5.75 Å². The highest BCUT2D eigenvalue weighted by molar-refractivity contribution is 6.42. The zero-order valence-corrected chi connectivity index (χ0v) is 19.1. The van der Waals surface area contributed by atoms with Gasteiger partial charge in [0.15, 0.2) is 6.23 Å². The maximum atomic E-state index is 13.3. The average molecular weight is 497 g/mol. The van der Waals surface area contributed by atoms with E-state index in [9.17, 15) is 4.79 Å². The van der Waals surface area contributed by atoms with Crippen molar-refractivity contribution in [1.29, 1.82) is 0 Å². The van der Waals surface area contributed by atoms with Crippen molar-refractivity contribution in [2.75, 3.05) is 13.2 Å². The minimum Gasteiger partial charge on any atom is -0.491 e. The first-order valence-corrected chi connectivity index (χ1v) is 11.0. The second-order valence-corrected chi connectivity index (χ2v) is 8.64. The second kappa shape index (κ2) is 9.68. The van der Waals surface area contributed by atoms with Crippen LogP contribution in [0, 0.1) is 0 Å². The van der Waals surface area contributed by atoms with E-state index in [-0.39, 0.29) is 18.6 Å². The normalized spacial score (nSPS) is 18.3. The largest absolute Gasteiger partial charge is 0.491 e. The van der Waals surface area contributed by atoms with Gasteiger partial charge in [-0.3, -0.25) is 4.79 Å². The van der Waals surface area contributed by atoms with E-state index in [1.807, 2.05) is 0 Å². The molecule has 1 heterocycles. The molecule has 0 spiro atoms. The Kier molecular flexibility index (Phi) is 6.95. The lowest BCUT2D eigenvalue weighted by atomic mass is 10.1. The van der Waals surface area contributed by atoms with Gasteiger partial charge < -0.3 is 14.4 Å². The third-order valence-electron chi connectivity index (χ3n) is 4.85. The molecule has 8 heteroatoms. The van der Waals surface area contributed by atoms with Crippen LogP contribution in [-0.4, -0.2) is 30.1 Å². The van der Waals surface area contributed by atoms with E-state index in [4.69, 9.17) is 55.9 Å². The lowest BCUT2D eigenvalue weighted by molar-refractivity contribution is -0.0118. The number of halogens is 4. The first kappa shape index (κ1) is 22.3. The fraction of sp³-hybridized carbons (Fsp3) is 0.174. The molecule has 1 aliphatic heterocycles. The lowest BCUT2D eigenvalue weighted by Gasteiger charge is -2.24. The molecule has 3 aromatic rings. The maximum absolute atomic E-state index is 13.3. The predicted octanol–water partition coefficient (Wildman–Crippen LogP) is 6.92. The molecule has 0 aliphatic carbocycles. The van der Waals surface area contributed by atoms with Crippen LogP contribution in [0.25, 0.3) is 0 Å². The Balaban J connectivity index is 1.58. The molecule has 2 unspecified atom stereocenters. The Labute approximate surface area is 200 Å². The van der Waals surface area contributed by atoms with Crippen molar-refractivity contribution in [3.63, 3.8) is 0 Å². The lowest BCUT2D eigenvalue weighted by Crippen LogP contribution is -2.33. The van der Waals surface area contributed by atoms with Crippen LogP contribution in [0.4, 0.5) is 0 Å². The fourth-order valence-corrected chi connectivity index (χ4v) is 3.98. The molecule has 1 saturated heterocycles. The molecule has 0 aromatic heterocycles. The van der Waals surface area contributed by atoms with Crippen LogP contribution in [0.3, 0.4) is 0 Å². The van der Waals surface area contributed by atoms with Crippen molar-refractivity contribution >= 4 is 52.3 Å². The van der Waals surface area contributed by atoms with E-state index in [0.717, 1.165) is 0 Å². The number of amides is 1. The summed E-state index contributed by atoms with van der Waals surface area (Å²) in [6.07, 6.45) is -1.01. The van der Waals surface area contributed by atoms with Gasteiger partial charge in [0, 0.05) is 10.6 Å². The van der Waals surface area contributed by atoms with Crippen LogP contribution >= 0.6 is 46.4 Å². The Morgan fingerprint density at radius 2 is 1.68 bits per heavy atom. The number of carbonyl (C=O) groups excluding carboxylic acids is 1. The molecule has 0 bridgehead atoms. The summed E-state index contributed by atoms with van der Waals surface area (Å²) in [5, 5.41) is 1.81. The molecule has 4 nitrogen and oxygen atoms in total. The van der Waals surface area contributed by atoms with Crippen molar-refractivity contribution in [2.24, 2.45) is 0 Å². The standard InChI is InChI=1S/C23H17Cl4NO3/c24-15-6-8-16(9-7-15)30-13-17-12-28(22(29)18-3-1-2-4-19(18)25)23(31-17)14-5-10-20(26)21(27)11-14/h1-11,17,23H,12-13H2. The molecule has 31 heavy (non-hydrogen) atoms. The van der Waals surface area contributed by atoms with E-state index in [0.29, 0.717) is 43.5 Å². The van der Waals surface area contributed by atoms with Crippen LogP contribution < -0.4 is 4.74 Å². The van der Waals surface area contributed by atoms with Crippen LogP contribution in [0.5, 0.6) is 5.75 Å². The summed E-state index contributed by atoms with van der Waals surface area (Å²) in [5.41, 5.74) is 1.11. The second-order valence-electron chi connectivity index (χ2n) is 6.99. The van der Waals surface area contributed by atoms with Gasteiger partial charge in [0.1, 0.15) is 18.5 Å². The van der Waals surface area contributed by atoms with E-state index in [2.05, 4.69) is 0 Å². The average Bonchev–Trinajstić information content (AvgIpc) is 3.19. The fourth-order valence-electron chi connectivity index (χ4n) is 3.33. The van der Waals surface area contributed by atoms with Crippen molar-refractivity contribution in [3.05, 3.63) is 97.9 Å². The van der Waals surface area contributed by atoms with Gasteiger partial charge in [-0.05, 0) is 48.5 Å². The third kappa shape index (κ3) is 5.11. The van der Waals surface area contributed by atoms with E-state index in [1.54, 1.807) is 71.6 Å². The van der Waals surface area contributed by atoms with E-state index >= 15 is 0 Å². The van der Waals surface area contributed by atoms with Gasteiger partial charge in [0.25, 0.3) is 5.91 Å². The number of rotatable bonds is 5. The smallest absolute Gasteiger partial charge is 0.257 e. The number of carbonyl (C=O) groups is 1. The summed E-state index contributed by atoms with van der Waals surface area (Å²) in [4.78, 5) is 14.9. The molecule has 0 radical (unpaired) electrons. The molecular weight excluding hydrogens is 480 g/mol. The Morgan fingerprint density at radius 1 is 0.935 bits per heavy atom. The third-order valence-corrected chi connectivity index (χ3v) is 6.17. The highest BCUT2D eigenvalue weighted by atomic mass is 35.5. The summed E-state index contributed by atoms with van der Waals surface area (Å²) in [7, 11) is 0. The van der Waals surface area contributed by atoms with Crippen LogP contribution in [0.1, 0.15) is 22.1 Å². The summed E-state index contributed by atoms with van der Waals surface area (Å²) >= 11 is 24.4. The quantitative estimate of drug-likeness (QED) is 0.384. The highest BCUT2D eigenvalue weighted by Crippen LogP contribution is 2.35. The molecule has 160 valence electrons. The van der Waals surface area contributed by atoms with Crippen LogP contribution in [0.15, 0.2) is 66.7 Å². The van der Waals surface area contributed by atoms with Crippen molar-refractivity contribution in [1.82, 2.24) is 4.90 Å². The van der Waals surface area contributed by atoms with Gasteiger partial charge in [0.2, 0.25) is 0 Å². The number of hydrogen-bond donors (Lipinski definition) is 0. The summed E-state index contributed by atoms with van der Waals surface area (Å²) in [5.74, 6) is 0.422. The first-order valence-electron chi connectivity index (χ1n) is 9.46. The summed E-state index contributed by atoms with van der Waals surface area (Å²) < 4.78 is 12.0. The zero-order valence-electron chi connectivity index (χ0n) is 16.1. The molecule has 1 amide bonds. The van der Waals surface area contributed by atoms with Gasteiger partial charge >= 0.3 is 0 Å². The first-order chi connectivity index (χ1) is 14.9. The molecule has 3 aromatic carbocycles. The molecule has 0 N–H and O–H groups in total. The van der Waals surface area contributed by atoms with Gasteiger partial charge in [0.05, 0.1) is 27.2 Å².